The van der Waals surface area contributed by atoms with Gasteiger partial charge in [0, 0.05) is 17.3 Å². The molecule has 4 heteroatoms. The average Bonchev–Trinajstić information content (AvgIpc) is 2.88. The predicted molar refractivity (Wildman–Crippen MR) is 173 cm³/mol. The van der Waals surface area contributed by atoms with Crippen LogP contribution in [0, 0.1) is 0 Å². The van der Waals surface area contributed by atoms with Gasteiger partial charge in [0.05, 0.1) is 0 Å². The van der Waals surface area contributed by atoms with Gasteiger partial charge in [-0.3, -0.25) is 9.59 Å². The lowest BCUT2D eigenvalue weighted by molar-refractivity contribution is 0.103. The van der Waals surface area contributed by atoms with E-state index in [0.717, 1.165) is 28.7 Å². The van der Waals surface area contributed by atoms with E-state index >= 15 is 4.57 Å². The molecule has 0 unspecified atom stereocenters. The van der Waals surface area contributed by atoms with Gasteiger partial charge in [-0.15, -0.1) is 0 Å². The molecule has 0 radical (unpaired) electrons. The number of rotatable bonds is 13. The van der Waals surface area contributed by atoms with Gasteiger partial charge in [0.15, 0.2) is 0 Å². The molecule has 0 aliphatic carbocycles. The van der Waals surface area contributed by atoms with Crippen LogP contribution in [0.15, 0.2) is 24.3 Å². The Morgan fingerprint density at radius 2 is 0.825 bits per heavy atom. The van der Waals surface area contributed by atoms with Crippen LogP contribution in [0.1, 0.15) is 192 Å². The molecule has 0 aliphatic rings. The van der Waals surface area contributed by atoms with Gasteiger partial charge in [-0.25, -0.2) is 0 Å². The van der Waals surface area contributed by atoms with Crippen molar-refractivity contribution >= 4 is 18.2 Å². The van der Waals surface area contributed by atoms with Gasteiger partial charge >= 0.3 is 0 Å². The number of carbonyl (C=O) groups excluding carboxylic acids is 2. The second kappa shape index (κ2) is 13.8. The normalized spacial score (nSPS) is 12.6. The molecule has 0 N–H and O–H groups in total. The predicted octanol–water partition coefficient (Wildman–Crippen LogP) is 11.6. The fraction of sp³-hybridized carbons (Fsp3) is 0.611. The van der Waals surface area contributed by atoms with E-state index in [-0.39, 0.29) is 29.8 Å². The summed E-state index contributed by atoms with van der Waals surface area (Å²) in [5.74, 6) is 0.851. The summed E-state index contributed by atoms with van der Waals surface area (Å²) in [6.07, 6.45) is 1.46. The van der Waals surface area contributed by atoms with Crippen LogP contribution in [0.2, 0.25) is 0 Å². The van der Waals surface area contributed by atoms with Crippen LogP contribution >= 0.6 is 7.14 Å². The summed E-state index contributed by atoms with van der Waals surface area (Å²) >= 11 is 0. The lowest BCUT2D eigenvalue weighted by Crippen LogP contribution is -2.21. The molecule has 2 rings (SSSR count). The summed E-state index contributed by atoms with van der Waals surface area (Å²) < 4.78 is 15.2. The van der Waals surface area contributed by atoms with Crippen LogP contribution in [-0.4, -0.2) is 17.2 Å². The number of carbonyl (C=O) groups is 2. The van der Waals surface area contributed by atoms with Crippen molar-refractivity contribution in [1.82, 2.24) is 0 Å². The van der Waals surface area contributed by atoms with Gasteiger partial charge < -0.3 is 4.57 Å². The second-order valence-electron chi connectivity index (χ2n) is 13.5. The van der Waals surface area contributed by atoms with Crippen LogP contribution in [0.25, 0.3) is 0 Å². The Morgan fingerprint density at radius 3 is 1.02 bits per heavy atom. The van der Waals surface area contributed by atoms with Crippen molar-refractivity contribution in [3.63, 3.8) is 0 Å². The Morgan fingerprint density at radius 1 is 0.550 bits per heavy atom. The standard InChI is InChI=1S/C36H55O3P/c1-14-15-16-40(39,35(37)33-29(23(6)7)17-27(21(2)3)18-30(33)24(8)9)36(38)34-31(25(10)11)19-28(22(4)5)20-32(34)26(12)13/h17-26H,14-16H2,1-13H3. The lowest BCUT2D eigenvalue weighted by atomic mass is 9.85. The molecule has 2 aromatic carbocycles. The Bertz CT molecular complexity index is 1110. The quantitative estimate of drug-likeness (QED) is 0.227. The molecule has 0 atom stereocenters. The van der Waals surface area contributed by atoms with E-state index in [2.05, 4.69) is 107 Å². The maximum atomic E-state index is 15.2. The first-order valence-electron chi connectivity index (χ1n) is 15.5. The molecule has 0 saturated carbocycles. The van der Waals surface area contributed by atoms with E-state index in [1.165, 1.54) is 11.1 Å². The lowest BCUT2D eigenvalue weighted by Gasteiger charge is -2.27. The molecule has 0 aromatic heterocycles. The van der Waals surface area contributed by atoms with Crippen molar-refractivity contribution in [3.8, 4) is 0 Å². The molecular formula is C36H55O3P. The van der Waals surface area contributed by atoms with E-state index in [0.29, 0.717) is 29.4 Å². The molecule has 0 heterocycles. The number of benzene rings is 2. The Hall–Kier alpha value is -1.99. The Balaban J connectivity index is 2.99. The fourth-order valence-electron chi connectivity index (χ4n) is 5.44. The minimum absolute atomic E-state index is 0.0626. The largest absolute Gasteiger partial charge is 0.307 e. The van der Waals surface area contributed by atoms with Gasteiger partial charge in [-0.05, 0) is 75.3 Å². The average molecular weight is 567 g/mol. The van der Waals surface area contributed by atoms with Crippen molar-refractivity contribution in [1.29, 1.82) is 0 Å². The number of hydrogen-bond donors (Lipinski definition) is 0. The van der Waals surface area contributed by atoms with Crippen molar-refractivity contribution in [2.45, 2.75) is 138 Å². The molecule has 0 bridgehead atoms. The van der Waals surface area contributed by atoms with Crippen molar-refractivity contribution in [2.24, 2.45) is 0 Å². The zero-order valence-electron chi connectivity index (χ0n) is 27.6. The van der Waals surface area contributed by atoms with Gasteiger partial charge in [-0.2, -0.15) is 0 Å². The SMILES string of the molecule is CCCCP(=O)(C(=O)c1c(C(C)C)cc(C(C)C)cc1C(C)C)C(=O)c1c(C(C)C)cc(C(C)C)cc1C(C)C. The van der Waals surface area contributed by atoms with Gasteiger partial charge in [0.25, 0.3) is 0 Å². The smallest absolute Gasteiger partial charge is 0.229 e. The van der Waals surface area contributed by atoms with Crippen molar-refractivity contribution in [3.05, 3.63) is 68.8 Å². The fourth-order valence-corrected chi connectivity index (χ4v) is 8.03. The molecule has 0 saturated heterocycles. The second-order valence-corrected chi connectivity index (χ2v) is 16.2. The highest BCUT2D eigenvalue weighted by atomic mass is 31.2. The first kappa shape index (κ1) is 34.2. The third-order valence-electron chi connectivity index (χ3n) is 8.18. The molecular weight excluding hydrogens is 511 g/mol. The van der Waals surface area contributed by atoms with Crippen LogP contribution in [0.3, 0.4) is 0 Å². The first-order chi connectivity index (χ1) is 18.5. The van der Waals surface area contributed by atoms with Gasteiger partial charge in [0.1, 0.15) is 0 Å². The summed E-state index contributed by atoms with van der Waals surface area (Å²) in [4.78, 5) is 29.5. The third-order valence-corrected chi connectivity index (χ3v) is 10.9. The molecule has 0 amide bonds. The minimum atomic E-state index is -3.98. The highest BCUT2D eigenvalue weighted by Crippen LogP contribution is 2.56. The third kappa shape index (κ3) is 7.07. The zero-order chi connectivity index (χ0) is 30.7. The van der Waals surface area contributed by atoms with Crippen molar-refractivity contribution < 1.29 is 14.2 Å². The maximum Gasteiger partial charge on any atom is 0.229 e. The van der Waals surface area contributed by atoms with Crippen LogP contribution in [0.5, 0.6) is 0 Å². The van der Waals surface area contributed by atoms with Crippen molar-refractivity contribution in [2.75, 3.05) is 6.16 Å². The van der Waals surface area contributed by atoms with Crippen LogP contribution in [-0.2, 0) is 4.57 Å². The summed E-state index contributed by atoms with van der Waals surface area (Å²) in [5.41, 5.74) is 6.16. The highest BCUT2D eigenvalue weighted by Gasteiger charge is 2.44. The van der Waals surface area contributed by atoms with E-state index in [1.54, 1.807) is 0 Å². The molecule has 0 aliphatic heterocycles. The van der Waals surface area contributed by atoms with Gasteiger partial charge in [0.2, 0.25) is 18.2 Å². The van der Waals surface area contributed by atoms with Crippen LogP contribution < -0.4 is 0 Å². The van der Waals surface area contributed by atoms with Crippen LogP contribution in [0.4, 0.5) is 0 Å². The first-order valence-corrected chi connectivity index (χ1v) is 17.4. The summed E-state index contributed by atoms with van der Waals surface area (Å²) in [5, 5.41) is 0. The summed E-state index contributed by atoms with van der Waals surface area (Å²) in [7, 11) is -3.98. The zero-order valence-corrected chi connectivity index (χ0v) is 28.5. The summed E-state index contributed by atoms with van der Waals surface area (Å²) in [6, 6.07) is 8.44. The molecule has 2 aromatic rings. The van der Waals surface area contributed by atoms with E-state index in [9.17, 15) is 9.59 Å². The molecule has 0 fully saturated rings. The maximum absolute atomic E-state index is 15.2. The Kier molecular flexibility index (Phi) is 11.8. The van der Waals surface area contributed by atoms with E-state index in [4.69, 9.17) is 0 Å². The monoisotopic (exact) mass is 566 g/mol. The number of hydrogen-bond acceptors (Lipinski definition) is 3. The van der Waals surface area contributed by atoms with Gasteiger partial charge in [-0.1, -0.05) is 121 Å². The molecule has 40 heavy (non-hydrogen) atoms. The molecule has 3 nitrogen and oxygen atoms in total. The van der Waals surface area contributed by atoms with E-state index in [1.807, 2.05) is 6.92 Å². The number of unbranched alkanes of at least 4 members (excludes halogenated alkanes) is 1. The molecule has 0 spiro atoms. The Labute approximate surface area is 245 Å². The van der Waals surface area contributed by atoms with E-state index < -0.39 is 18.2 Å². The minimum Gasteiger partial charge on any atom is -0.307 e. The highest BCUT2D eigenvalue weighted by molar-refractivity contribution is 7.95. The topological polar surface area (TPSA) is 51.2 Å². The molecule has 222 valence electrons. The summed E-state index contributed by atoms with van der Waals surface area (Å²) in [6.45, 7) is 27.3.